The molecule has 0 radical (unpaired) electrons. The number of aliphatic carboxylic acids is 2. The molecule has 4 aromatic carbocycles. The number of rotatable bonds is 12. The summed E-state index contributed by atoms with van der Waals surface area (Å²) in [7, 11) is 0. The van der Waals surface area contributed by atoms with Crippen molar-refractivity contribution in [3.8, 4) is 0 Å². The number of amidine groups is 2. The number of para-hydroxylation sites is 2. The Balaban J connectivity index is 0.000000199. The van der Waals surface area contributed by atoms with Crippen LogP contribution >= 0.6 is 46.7 Å². The van der Waals surface area contributed by atoms with E-state index in [0.717, 1.165) is 88.5 Å². The second kappa shape index (κ2) is 28.5. The number of aliphatic hydroxyl groups excluding tert-OH is 2. The number of halogens is 2. The Labute approximate surface area is 399 Å². The maximum Gasteiger partial charge on any atom is 0.328 e. The predicted octanol–water partition coefficient (Wildman–Crippen LogP) is 6.85. The molecule has 0 atom stereocenters. The summed E-state index contributed by atoms with van der Waals surface area (Å²) in [5.41, 5.74) is 4.54. The van der Waals surface area contributed by atoms with Gasteiger partial charge in [-0.05, 0) is 36.4 Å². The Morgan fingerprint density at radius 1 is 0.538 bits per heavy atom. The van der Waals surface area contributed by atoms with Crippen LogP contribution in [-0.4, -0.2) is 174 Å². The lowest BCUT2D eigenvalue weighted by molar-refractivity contribution is -0.134. The first-order chi connectivity index (χ1) is 31.7. The standard InChI is InChI=1S/2C21H25N3O2S.C4H4O4.CH2Cl2/c2*25-14-16-26-15-13-23-9-11-24(12-10-23)21-17-5-1-3-7-19(17)27-20-8-4-2-6-18(20)22-21;5-3(6)1-2-4(7)8;2-1-3/h2*1-8,25H,9-16H2;1-2H,(H,5,6)(H,7,8);1H2. The molecule has 65 heavy (non-hydrogen) atoms. The summed E-state index contributed by atoms with van der Waals surface area (Å²) in [4.78, 5) is 43.8. The number of hydrogen-bond donors (Lipinski definition) is 4. The molecule has 2 saturated heterocycles. The SMILES string of the molecule is ClCCl.O=C(O)C=CC(=O)O.OCCOCCN1CCN(C2=Nc3ccccc3Sc3ccccc32)CC1.OCCOCCN1CCN(C2=Nc3ccccc3Sc3ccccc32)CC1. The summed E-state index contributed by atoms with van der Waals surface area (Å²) >= 11 is 13.1. The topological polar surface area (TPSA) is 171 Å². The molecule has 348 valence electrons. The van der Waals surface area contributed by atoms with Crippen LogP contribution in [0.4, 0.5) is 11.4 Å². The van der Waals surface area contributed by atoms with E-state index in [1.165, 1.54) is 30.7 Å². The number of fused-ring (bicyclic) bond motifs is 4. The van der Waals surface area contributed by atoms with Gasteiger partial charge in [0.15, 0.2) is 0 Å². The molecular formula is C47H56Cl2N6O8S2. The first-order valence-corrected chi connectivity index (χ1v) is 23.9. The minimum atomic E-state index is -1.26. The van der Waals surface area contributed by atoms with Crippen molar-refractivity contribution in [2.45, 2.75) is 19.6 Å². The van der Waals surface area contributed by atoms with Crippen LogP contribution in [0.3, 0.4) is 0 Å². The largest absolute Gasteiger partial charge is 0.478 e. The molecule has 8 rings (SSSR count). The molecule has 4 aliphatic rings. The maximum absolute atomic E-state index is 9.55. The molecule has 0 bridgehead atoms. The van der Waals surface area contributed by atoms with E-state index in [1.807, 2.05) is 0 Å². The lowest BCUT2D eigenvalue weighted by atomic mass is 10.1. The highest BCUT2D eigenvalue weighted by Gasteiger charge is 2.26. The molecule has 0 unspecified atom stereocenters. The number of carboxylic acid groups (broad SMARTS) is 2. The number of aliphatic imine (C=N–C) groups is 2. The van der Waals surface area contributed by atoms with E-state index in [1.54, 1.807) is 23.5 Å². The minimum absolute atomic E-state index is 0.0898. The van der Waals surface area contributed by atoms with Crippen molar-refractivity contribution in [2.24, 2.45) is 9.98 Å². The number of carboxylic acids is 2. The van der Waals surface area contributed by atoms with Crippen molar-refractivity contribution in [2.75, 3.05) is 110 Å². The van der Waals surface area contributed by atoms with Crippen LogP contribution in [0.1, 0.15) is 11.1 Å². The zero-order valence-corrected chi connectivity index (χ0v) is 39.2. The number of benzene rings is 4. The third kappa shape index (κ3) is 16.7. The quantitative estimate of drug-likeness (QED) is 0.0661. The van der Waals surface area contributed by atoms with Crippen molar-refractivity contribution < 1.29 is 39.5 Å². The van der Waals surface area contributed by atoms with Gasteiger partial charge in [0.25, 0.3) is 0 Å². The molecule has 14 nitrogen and oxygen atoms in total. The van der Waals surface area contributed by atoms with Gasteiger partial charge in [-0.25, -0.2) is 19.6 Å². The monoisotopic (exact) mass is 966 g/mol. The van der Waals surface area contributed by atoms with E-state index >= 15 is 0 Å². The smallest absolute Gasteiger partial charge is 0.328 e. The summed E-state index contributed by atoms with van der Waals surface area (Å²) in [5.74, 6) is -0.349. The van der Waals surface area contributed by atoms with E-state index in [2.05, 4.69) is 117 Å². The van der Waals surface area contributed by atoms with Crippen LogP contribution in [0, 0.1) is 0 Å². The number of alkyl halides is 2. The van der Waals surface area contributed by atoms with Crippen molar-refractivity contribution >= 4 is 81.7 Å². The third-order valence-electron chi connectivity index (χ3n) is 10.2. The van der Waals surface area contributed by atoms with Gasteiger partial charge in [0.1, 0.15) is 11.7 Å². The van der Waals surface area contributed by atoms with Crippen molar-refractivity contribution in [3.05, 3.63) is 120 Å². The number of carbonyl (C=O) groups is 2. The maximum atomic E-state index is 9.55. The first-order valence-electron chi connectivity index (χ1n) is 21.2. The Bertz CT molecular complexity index is 2050. The van der Waals surface area contributed by atoms with E-state index < -0.39 is 11.9 Å². The van der Waals surface area contributed by atoms with Gasteiger partial charge in [-0.15, -0.1) is 23.2 Å². The molecule has 0 aromatic heterocycles. The fourth-order valence-corrected chi connectivity index (χ4v) is 9.09. The summed E-state index contributed by atoms with van der Waals surface area (Å²) in [6.07, 6.45) is 1.12. The molecule has 0 amide bonds. The minimum Gasteiger partial charge on any atom is -0.478 e. The number of aliphatic hydroxyl groups is 2. The van der Waals surface area contributed by atoms with Gasteiger partial charge in [0.2, 0.25) is 0 Å². The van der Waals surface area contributed by atoms with Gasteiger partial charge in [0.05, 0.1) is 56.4 Å². The molecule has 0 aliphatic carbocycles. The average Bonchev–Trinajstić information content (AvgIpc) is 3.61. The number of ether oxygens (including phenoxy) is 2. The Morgan fingerprint density at radius 2 is 0.877 bits per heavy atom. The zero-order valence-electron chi connectivity index (χ0n) is 36.1. The summed E-state index contributed by atoms with van der Waals surface area (Å²) in [5, 5.41) is 33.4. The van der Waals surface area contributed by atoms with E-state index in [0.29, 0.717) is 38.6 Å². The van der Waals surface area contributed by atoms with Crippen molar-refractivity contribution in [1.82, 2.24) is 19.6 Å². The van der Waals surface area contributed by atoms with Gasteiger partial charge in [0, 0.05) is 108 Å². The van der Waals surface area contributed by atoms with Crippen LogP contribution in [0.5, 0.6) is 0 Å². The summed E-state index contributed by atoms with van der Waals surface area (Å²) < 4.78 is 10.8. The Hall–Kier alpha value is -4.46. The van der Waals surface area contributed by atoms with Crippen LogP contribution in [0.25, 0.3) is 0 Å². The van der Waals surface area contributed by atoms with Crippen molar-refractivity contribution in [1.29, 1.82) is 0 Å². The fraction of sp³-hybridized carbons (Fsp3) is 0.362. The summed E-state index contributed by atoms with van der Waals surface area (Å²) in [6.45, 7) is 12.0. The van der Waals surface area contributed by atoms with Crippen LogP contribution in [-0.2, 0) is 19.1 Å². The Morgan fingerprint density at radius 3 is 1.23 bits per heavy atom. The van der Waals surface area contributed by atoms with Gasteiger partial charge < -0.3 is 39.7 Å². The molecule has 4 aliphatic heterocycles. The van der Waals surface area contributed by atoms with Crippen molar-refractivity contribution in [3.63, 3.8) is 0 Å². The predicted molar refractivity (Wildman–Crippen MR) is 259 cm³/mol. The highest BCUT2D eigenvalue weighted by Crippen LogP contribution is 2.42. The Kier molecular flexibility index (Phi) is 22.6. The molecule has 0 saturated carbocycles. The zero-order chi connectivity index (χ0) is 46.2. The number of piperazine rings is 2. The third-order valence-corrected chi connectivity index (χ3v) is 12.4. The van der Waals surface area contributed by atoms with Crippen LogP contribution < -0.4 is 0 Å². The van der Waals surface area contributed by atoms with Gasteiger partial charge in [-0.2, -0.15) is 0 Å². The average molecular weight is 968 g/mol. The van der Waals surface area contributed by atoms with Gasteiger partial charge in [-0.1, -0.05) is 84.2 Å². The summed E-state index contributed by atoms with van der Waals surface area (Å²) in [6, 6.07) is 33.9. The molecule has 4 heterocycles. The highest BCUT2D eigenvalue weighted by molar-refractivity contribution is 7.99. The lowest BCUT2D eigenvalue weighted by Crippen LogP contribution is -2.49. The molecule has 4 N–H and O–H groups in total. The van der Waals surface area contributed by atoms with Crippen LogP contribution in [0.2, 0.25) is 0 Å². The fourth-order valence-electron chi connectivity index (χ4n) is 7.05. The molecular weight excluding hydrogens is 912 g/mol. The normalized spacial score (nSPS) is 15.6. The highest BCUT2D eigenvalue weighted by atomic mass is 35.5. The lowest BCUT2D eigenvalue weighted by Gasteiger charge is -2.36. The second-order valence-corrected chi connectivity index (χ2v) is 17.4. The molecule has 0 spiro atoms. The molecule has 2 fully saturated rings. The van der Waals surface area contributed by atoms with E-state index in [4.69, 9.17) is 63.1 Å². The molecule has 18 heteroatoms. The van der Waals surface area contributed by atoms with Gasteiger partial charge in [-0.3, -0.25) is 9.80 Å². The second-order valence-electron chi connectivity index (χ2n) is 14.4. The number of nitrogens with zero attached hydrogens (tertiary/aromatic N) is 6. The molecule has 4 aromatic rings. The van der Waals surface area contributed by atoms with E-state index in [9.17, 15) is 9.59 Å². The van der Waals surface area contributed by atoms with Crippen LogP contribution in [0.15, 0.2) is 139 Å². The van der Waals surface area contributed by atoms with Gasteiger partial charge >= 0.3 is 11.9 Å². The number of hydrogen-bond acceptors (Lipinski definition) is 14. The van der Waals surface area contributed by atoms with E-state index in [-0.39, 0.29) is 18.6 Å². The first kappa shape index (κ1) is 51.5.